The number of halogens is 1. The van der Waals surface area contributed by atoms with Gasteiger partial charge in [-0.15, -0.1) is 0 Å². The summed E-state index contributed by atoms with van der Waals surface area (Å²) < 4.78 is 28.4. The lowest BCUT2D eigenvalue weighted by atomic mass is 10.1. The lowest BCUT2D eigenvalue weighted by Crippen LogP contribution is -2.38. The molecule has 0 saturated carbocycles. The number of likely N-dealkylation sites (N-methyl/N-ethyl adjacent to an activating group) is 1. The summed E-state index contributed by atoms with van der Waals surface area (Å²) in [6.45, 7) is 3.66. The predicted octanol–water partition coefficient (Wildman–Crippen LogP) is 1.59. The second-order valence-corrected chi connectivity index (χ2v) is 8.09. The second-order valence-electron chi connectivity index (χ2n) is 5.56. The van der Waals surface area contributed by atoms with Crippen molar-refractivity contribution < 1.29 is 8.42 Å². The number of aryl methyl sites for hydroxylation is 1. The van der Waals surface area contributed by atoms with Crippen LogP contribution in [0.15, 0.2) is 21.5 Å². The molecule has 2 rings (SSSR count). The Hall–Kier alpha value is -0.470. The van der Waals surface area contributed by atoms with E-state index in [1.54, 1.807) is 6.07 Å². The van der Waals surface area contributed by atoms with E-state index in [1.165, 1.54) is 0 Å². The van der Waals surface area contributed by atoms with Crippen LogP contribution in [0, 0.1) is 6.92 Å². The van der Waals surface area contributed by atoms with Crippen molar-refractivity contribution in [3.05, 3.63) is 27.7 Å². The first-order valence-electron chi connectivity index (χ1n) is 7.04. The second kappa shape index (κ2) is 6.75. The van der Waals surface area contributed by atoms with Crippen LogP contribution in [0.1, 0.15) is 24.0 Å². The number of nitrogens with one attached hydrogen (secondary N) is 1. The molecular formula is C14H22BrN3O2S. The summed E-state index contributed by atoms with van der Waals surface area (Å²) in [6.07, 6.45) is 2.15. The standard InChI is InChI=1S/C14H22BrN3O2S/c1-10-6-11(8-16)7-13(14(10)15)21(19,20)17-9-12-4-3-5-18(12)2/h6-7,12,17H,3-5,8-9,16H2,1-2H3. The summed E-state index contributed by atoms with van der Waals surface area (Å²) in [5.74, 6) is 0. The molecule has 0 amide bonds. The summed E-state index contributed by atoms with van der Waals surface area (Å²) >= 11 is 3.37. The summed E-state index contributed by atoms with van der Waals surface area (Å²) in [5.41, 5.74) is 7.32. The van der Waals surface area contributed by atoms with Crippen LogP contribution in [0.5, 0.6) is 0 Å². The summed E-state index contributed by atoms with van der Waals surface area (Å²) in [5, 5.41) is 0. The van der Waals surface area contributed by atoms with Crippen molar-refractivity contribution in [3.63, 3.8) is 0 Å². The zero-order valence-electron chi connectivity index (χ0n) is 12.4. The van der Waals surface area contributed by atoms with Crippen LogP contribution < -0.4 is 10.5 Å². The molecule has 0 bridgehead atoms. The van der Waals surface area contributed by atoms with Crippen LogP contribution in [-0.4, -0.2) is 39.5 Å². The fraction of sp³-hybridized carbons (Fsp3) is 0.571. The highest BCUT2D eigenvalue weighted by molar-refractivity contribution is 9.10. The maximum absolute atomic E-state index is 12.5. The highest BCUT2D eigenvalue weighted by atomic mass is 79.9. The average Bonchev–Trinajstić information content (AvgIpc) is 2.84. The lowest BCUT2D eigenvalue weighted by molar-refractivity contribution is 0.311. The fourth-order valence-electron chi connectivity index (χ4n) is 2.64. The van der Waals surface area contributed by atoms with E-state index in [1.807, 2.05) is 20.0 Å². The van der Waals surface area contributed by atoms with E-state index < -0.39 is 10.0 Å². The Morgan fingerprint density at radius 1 is 1.48 bits per heavy atom. The number of benzene rings is 1. The van der Waals surface area contributed by atoms with Gasteiger partial charge in [0.05, 0.1) is 4.90 Å². The molecule has 1 aromatic rings. The fourth-order valence-corrected chi connectivity index (χ4v) is 4.78. The van der Waals surface area contributed by atoms with Gasteiger partial charge in [-0.25, -0.2) is 13.1 Å². The van der Waals surface area contributed by atoms with E-state index in [0.717, 1.165) is 30.5 Å². The van der Waals surface area contributed by atoms with Crippen LogP contribution in [-0.2, 0) is 16.6 Å². The predicted molar refractivity (Wildman–Crippen MR) is 87.6 cm³/mol. The van der Waals surface area contributed by atoms with Crippen molar-refractivity contribution in [3.8, 4) is 0 Å². The van der Waals surface area contributed by atoms with Crippen molar-refractivity contribution in [1.29, 1.82) is 0 Å². The molecule has 0 aliphatic carbocycles. The van der Waals surface area contributed by atoms with Crippen molar-refractivity contribution in [2.75, 3.05) is 20.1 Å². The molecule has 0 spiro atoms. The van der Waals surface area contributed by atoms with Gasteiger partial charge in [0.1, 0.15) is 0 Å². The number of sulfonamides is 1. The zero-order valence-corrected chi connectivity index (χ0v) is 14.8. The van der Waals surface area contributed by atoms with E-state index in [4.69, 9.17) is 5.73 Å². The number of nitrogens with zero attached hydrogens (tertiary/aromatic N) is 1. The summed E-state index contributed by atoms with van der Waals surface area (Å²) in [6, 6.07) is 3.81. The molecule has 5 nitrogen and oxygen atoms in total. The molecule has 21 heavy (non-hydrogen) atoms. The molecule has 1 atom stereocenters. The van der Waals surface area contributed by atoms with Gasteiger partial charge in [-0.3, -0.25) is 0 Å². The van der Waals surface area contributed by atoms with Gasteiger partial charge in [0, 0.05) is 23.6 Å². The Bertz CT molecular complexity index is 619. The summed E-state index contributed by atoms with van der Waals surface area (Å²) in [7, 11) is -1.51. The molecule has 1 unspecified atom stereocenters. The smallest absolute Gasteiger partial charge is 0.241 e. The topological polar surface area (TPSA) is 75.4 Å². The number of hydrogen-bond acceptors (Lipinski definition) is 4. The van der Waals surface area contributed by atoms with Crippen molar-refractivity contribution in [1.82, 2.24) is 9.62 Å². The van der Waals surface area contributed by atoms with Gasteiger partial charge in [0.2, 0.25) is 10.0 Å². The molecular weight excluding hydrogens is 354 g/mol. The maximum Gasteiger partial charge on any atom is 0.241 e. The molecule has 0 radical (unpaired) electrons. The average molecular weight is 376 g/mol. The van der Waals surface area contributed by atoms with Gasteiger partial charge in [0.25, 0.3) is 0 Å². The normalized spacial score (nSPS) is 20.1. The third-order valence-electron chi connectivity index (χ3n) is 3.99. The van der Waals surface area contributed by atoms with Crippen LogP contribution in [0.2, 0.25) is 0 Å². The minimum atomic E-state index is -3.54. The van der Waals surface area contributed by atoms with E-state index in [9.17, 15) is 8.42 Å². The molecule has 3 N–H and O–H groups in total. The van der Waals surface area contributed by atoms with E-state index in [-0.39, 0.29) is 10.9 Å². The molecule has 7 heteroatoms. The van der Waals surface area contributed by atoms with Gasteiger partial charge in [-0.05, 0) is 66.5 Å². The lowest BCUT2D eigenvalue weighted by Gasteiger charge is -2.20. The van der Waals surface area contributed by atoms with Gasteiger partial charge >= 0.3 is 0 Å². The molecule has 1 saturated heterocycles. The number of hydrogen-bond donors (Lipinski definition) is 2. The van der Waals surface area contributed by atoms with E-state index >= 15 is 0 Å². The van der Waals surface area contributed by atoms with Crippen LogP contribution in [0.25, 0.3) is 0 Å². The molecule has 118 valence electrons. The number of nitrogens with two attached hydrogens (primary N) is 1. The first-order valence-corrected chi connectivity index (χ1v) is 9.31. The highest BCUT2D eigenvalue weighted by Gasteiger charge is 2.25. The Labute approximate surface area is 135 Å². The Balaban J connectivity index is 2.21. The van der Waals surface area contributed by atoms with Gasteiger partial charge < -0.3 is 10.6 Å². The Morgan fingerprint density at radius 3 is 2.76 bits per heavy atom. The van der Waals surface area contributed by atoms with Crippen molar-refractivity contribution in [2.45, 2.75) is 37.2 Å². The van der Waals surface area contributed by atoms with Crippen LogP contribution >= 0.6 is 15.9 Å². The monoisotopic (exact) mass is 375 g/mol. The SMILES string of the molecule is Cc1cc(CN)cc(S(=O)(=O)NCC2CCCN2C)c1Br. The van der Waals surface area contributed by atoms with Crippen molar-refractivity contribution >= 4 is 26.0 Å². The molecule has 1 aliphatic heterocycles. The molecule has 0 aromatic heterocycles. The van der Waals surface area contributed by atoms with E-state index in [2.05, 4.69) is 25.6 Å². The molecule has 1 aliphatic rings. The van der Waals surface area contributed by atoms with Crippen molar-refractivity contribution in [2.24, 2.45) is 5.73 Å². The third kappa shape index (κ3) is 3.84. The molecule has 1 fully saturated rings. The van der Waals surface area contributed by atoms with Gasteiger partial charge in [-0.1, -0.05) is 6.07 Å². The first kappa shape index (κ1) is 16.9. The molecule has 1 heterocycles. The highest BCUT2D eigenvalue weighted by Crippen LogP contribution is 2.27. The number of likely N-dealkylation sites (tertiary alicyclic amines) is 1. The first-order chi connectivity index (χ1) is 9.85. The number of rotatable bonds is 5. The largest absolute Gasteiger partial charge is 0.326 e. The van der Waals surface area contributed by atoms with Crippen LogP contribution in [0.3, 0.4) is 0 Å². The minimum Gasteiger partial charge on any atom is -0.326 e. The third-order valence-corrected chi connectivity index (χ3v) is 6.75. The maximum atomic E-state index is 12.5. The molecule has 1 aromatic carbocycles. The Kier molecular flexibility index (Phi) is 5.43. The van der Waals surface area contributed by atoms with Crippen LogP contribution in [0.4, 0.5) is 0 Å². The van der Waals surface area contributed by atoms with Gasteiger partial charge in [0.15, 0.2) is 0 Å². The Morgan fingerprint density at radius 2 is 2.19 bits per heavy atom. The van der Waals surface area contributed by atoms with Gasteiger partial charge in [-0.2, -0.15) is 0 Å². The zero-order chi connectivity index (χ0) is 15.6. The van der Waals surface area contributed by atoms with E-state index in [0.29, 0.717) is 17.6 Å². The summed E-state index contributed by atoms with van der Waals surface area (Å²) in [4.78, 5) is 2.46. The minimum absolute atomic E-state index is 0.267. The quantitative estimate of drug-likeness (QED) is 0.819.